The molecule has 0 radical (unpaired) electrons. The third-order valence-corrected chi connectivity index (χ3v) is 3.25. The molecular weight excluding hydrogens is 190 g/mol. The van der Waals surface area contributed by atoms with Crippen molar-refractivity contribution >= 4 is 0 Å². The number of aromatic nitrogens is 2. The van der Waals surface area contributed by atoms with Crippen LogP contribution in [-0.4, -0.2) is 33.6 Å². The van der Waals surface area contributed by atoms with Gasteiger partial charge in [0.2, 0.25) is 0 Å². The summed E-state index contributed by atoms with van der Waals surface area (Å²) in [6, 6.07) is 2.09. The van der Waals surface area contributed by atoms with E-state index in [2.05, 4.69) is 16.5 Å². The van der Waals surface area contributed by atoms with Gasteiger partial charge in [0.25, 0.3) is 0 Å². The quantitative estimate of drug-likeness (QED) is 0.757. The molecule has 0 amide bonds. The van der Waals surface area contributed by atoms with E-state index in [0.29, 0.717) is 0 Å². The molecule has 1 aliphatic heterocycles. The summed E-state index contributed by atoms with van der Waals surface area (Å²) in [5.74, 6) is 0. The summed E-state index contributed by atoms with van der Waals surface area (Å²) in [6.45, 7) is 3.21. The fourth-order valence-electron chi connectivity index (χ4n) is 2.39. The van der Waals surface area contributed by atoms with Gasteiger partial charge in [-0.3, -0.25) is 4.68 Å². The van der Waals surface area contributed by atoms with Crippen molar-refractivity contribution in [2.75, 3.05) is 13.2 Å². The molecule has 0 aliphatic carbocycles. The van der Waals surface area contributed by atoms with Gasteiger partial charge in [0.15, 0.2) is 0 Å². The third kappa shape index (κ3) is 2.06. The summed E-state index contributed by atoms with van der Waals surface area (Å²) in [7, 11) is 1.96. The van der Waals surface area contributed by atoms with E-state index in [1.165, 1.54) is 5.69 Å². The van der Waals surface area contributed by atoms with Crippen molar-refractivity contribution in [2.24, 2.45) is 7.05 Å². The van der Waals surface area contributed by atoms with Crippen LogP contribution in [0, 0.1) is 6.92 Å². The summed E-state index contributed by atoms with van der Waals surface area (Å²) < 4.78 is 1.91. The number of hydrogen-bond donors (Lipinski definition) is 2. The number of hydrogen-bond acceptors (Lipinski definition) is 3. The van der Waals surface area contributed by atoms with Crippen LogP contribution >= 0.6 is 0 Å². The van der Waals surface area contributed by atoms with Gasteiger partial charge in [0, 0.05) is 24.7 Å². The topological polar surface area (TPSA) is 50.1 Å². The van der Waals surface area contributed by atoms with Crippen molar-refractivity contribution in [3.63, 3.8) is 0 Å². The zero-order chi connectivity index (χ0) is 10.9. The maximum atomic E-state index is 9.48. The Labute approximate surface area is 90.3 Å². The fraction of sp³-hybridized carbons (Fsp3) is 0.727. The third-order valence-electron chi connectivity index (χ3n) is 3.25. The molecule has 1 unspecified atom stereocenters. The van der Waals surface area contributed by atoms with E-state index in [4.69, 9.17) is 0 Å². The standard InChI is InChI=1S/C11H19N3O/c1-9-6-10(14(2)13-9)7-11(8-15)4-3-5-12-11/h6,12,15H,3-5,7-8H2,1-2H3. The predicted molar refractivity (Wildman–Crippen MR) is 58.7 cm³/mol. The van der Waals surface area contributed by atoms with E-state index in [9.17, 15) is 5.11 Å². The number of aryl methyl sites for hydroxylation is 2. The molecule has 4 heteroatoms. The first-order chi connectivity index (χ1) is 7.15. The highest BCUT2D eigenvalue weighted by Crippen LogP contribution is 2.23. The van der Waals surface area contributed by atoms with E-state index in [0.717, 1.165) is 31.5 Å². The summed E-state index contributed by atoms with van der Waals surface area (Å²) in [5.41, 5.74) is 2.12. The summed E-state index contributed by atoms with van der Waals surface area (Å²) in [4.78, 5) is 0. The normalized spacial score (nSPS) is 26.1. The Balaban J connectivity index is 2.16. The molecule has 0 spiro atoms. The van der Waals surface area contributed by atoms with Crippen molar-refractivity contribution in [3.05, 3.63) is 17.5 Å². The molecule has 0 bridgehead atoms. The molecule has 0 aromatic carbocycles. The molecular formula is C11H19N3O. The number of aliphatic hydroxyl groups excluding tert-OH is 1. The van der Waals surface area contributed by atoms with Gasteiger partial charge >= 0.3 is 0 Å². The first-order valence-corrected chi connectivity index (χ1v) is 5.51. The molecule has 1 saturated heterocycles. The highest BCUT2D eigenvalue weighted by molar-refractivity contribution is 5.13. The summed E-state index contributed by atoms with van der Waals surface area (Å²) in [6.07, 6.45) is 3.06. The number of aliphatic hydroxyl groups is 1. The highest BCUT2D eigenvalue weighted by Gasteiger charge is 2.33. The van der Waals surface area contributed by atoms with E-state index in [-0.39, 0.29) is 12.1 Å². The van der Waals surface area contributed by atoms with Crippen LogP contribution in [0.3, 0.4) is 0 Å². The minimum absolute atomic E-state index is 0.111. The van der Waals surface area contributed by atoms with Crippen LogP contribution in [0.2, 0.25) is 0 Å². The smallest absolute Gasteiger partial charge is 0.0617 e. The first kappa shape index (κ1) is 10.6. The van der Waals surface area contributed by atoms with E-state index >= 15 is 0 Å². The molecule has 2 rings (SSSR count). The van der Waals surface area contributed by atoms with Crippen molar-refractivity contribution in [2.45, 2.75) is 31.7 Å². The fourth-order valence-corrected chi connectivity index (χ4v) is 2.39. The SMILES string of the molecule is Cc1cc(CC2(CO)CCCN2)n(C)n1. The van der Waals surface area contributed by atoms with Gasteiger partial charge in [-0.25, -0.2) is 0 Å². The minimum atomic E-state index is -0.111. The molecule has 1 aromatic rings. The zero-order valence-electron chi connectivity index (χ0n) is 9.45. The Morgan fingerprint density at radius 1 is 1.67 bits per heavy atom. The molecule has 0 saturated carbocycles. The van der Waals surface area contributed by atoms with E-state index < -0.39 is 0 Å². The van der Waals surface area contributed by atoms with Crippen LogP contribution in [0.5, 0.6) is 0 Å². The predicted octanol–water partition coefficient (Wildman–Crippen LogP) is 0.386. The maximum absolute atomic E-state index is 9.48. The Bertz CT molecular complexity index is 340. The number of rotatable bonds is 3. The second kappa shape index (κ2) is 3.94. The Morgan fingerprint density at radius 2 is 2.47 bits per heavy atom. The van der Waals surface area contributed by atoms with E-state index in [1.54, 1.807) is 0 Å². The van der Waals surface area contributed by atoms with Crippen molar-refractivity contribution in [1.82, 2.24) is 15.1 Å². The van der Waals surface area contributed by atoms with Gasteiger partial charge in [0.1, 0.15) is 0 Å². The van der Waals surface area contributed by atoms with Crippen LogP contribution in [0.4, 0.5) is 0 Å². The second-order valence-electron chi connectivity index (χ2n) is 4.55. The van der Waals surface area contributed by atoms with Crippen LogP contribution in [0.15, 0.2) is 6.07 Å². The molecule has 1 aromatic heterocycles. The molecule has 1 fully saturated rings. The lowest BCUT2D eigenvalue weighted by molar-refractivity contribution is 0.175. The van der Waals surface area contributed by atoms with Crippen LogP contribution in [0.1, 0.15) is 24.2 Å². The first-order valence-electron chi connectivity index (χ1n) is 5.51. The lowest BCUT2D eigenvalue weighted by atomic mass is 9.92. The van der Waals surface area contributed by atoms with Crippen LogP contribution in [-0.2, 0) is 13.5 Å². The van der Waals surface area contributed by atoms with Gasteiger partial charge in [-0.1, -0.05) is 0 Å². The summed E-state index contributed by atoms with van der Waals surface area (Å²) in [5, 5.41) is 17.2. The van der Waals surface area contributed by atoms with Crippen molar-refractivity contribution in [1.29, 1.82) is 0 Å². The molecule has 2 N–H and O–H groups in total. The Hall–Kier alpha value is -0.870. The minimum Gasteiger partial charge on any atom is -0.394 e. The van der Waals surface area contributed by atoms with Crippen LogP contribution in [0.25, 0.3) is 0 Å². The lowest BCUT2D eigenvalue weighted by Gasteiger charge is -2.26. The summed E-state index contributed by atoms with van der Waals surface area (Å²) >= 11 is 0. The molecule has 84 valence electrons. The molecule has 1 atom stereocenters. The number of nitrogens with zero attached hydrogens (tertiary/aromatic N) is 2. The molecule has 4 nitrogen and oxygen atoms in total. The zero-order valence-corrected chi connectivity index (χ0v) is 9.45. The van der Waals surface area contributed by atoms with Gasteiger partial charge < -0.3 is 10.4 Å². The Morgan fingerprint density at radius 3 is 2.93 bits per heavy atom. The van der Waals surface area contributed by atoms with Gasteiger partial charge in [-0.2, -0.15) is 5.10 Å². The van der Waals surface area contributed by atoms with Crippen LogP contribution < -0.4 is 5.32 Å². The second-order valence-corrected chi connectivity index (χ2v) is 4.55. The average Bonchev–Trinajstić information content (AvgIpc) is 2.76. The average molecular weight is 209 g/mol. The monoisotopic (exact) mass is 209 g/mol. The van der Waals surface area contributed by atoms with Crippen molar-refractivity contribution < 1.29 is 5.11 Å². The number of nitrogens with one attached hydrogen (secondary N) is 1. The van der Waals surface area contributed by atoms with E-state index in [1.807, 2.05) is 18.7 Å². The Kier molecular flexibility index (Phi) is 2.80. The largest absolute Gasteiger partial charge is 0.394 e. The van der Waals surface area contributed by atoms with Crippen molar-refractivity contribution in [3.8, 4) is 0 Å². The van der Waals surface area contributed by atoms with Gasteiger partial charge in [0.05, 0.1) is 12.3 Å². The van der Waals surface area contributed by atoms with Gasteiger partial charge in [-0.15, -0.1) is 0 Å². The molecule has 2 heterocycles. The molecule has 15 heavy (non-hydrogen) atoms. The maximum Gasteiger partial charge on any atom is 0.0617 e. The lowest BCUT2D eigenvalue weighted by Crippen LogP contribution is -2.45. The highest BCUT2D eigenvalue weighted by atomic mass is 16.3. The van der Waals surface area contributed by atoms with Gasteiger partial charge in [-0.05, 0) is 32.4 Å². The molecule has 1 aliphatic rings.